The summed E-state index contributed by atoms with van der Waals surface area (Å²) in [6.45, 7) is 2.17. The lowest BCUT2D eigenvalue weighted by Crippen LogP contribution is -2.02. The predicted octanol–water partition coefficient (Wildman–Crippen LogP) is 10.9. The zero-order valence-corrected chi connectivity index (χ0v) is 24.0. The first-order chi connectivity index (χ1) is 21.3. The lowest BCUT2D eigenvalue weighted by Gasteiger charge is -2.18. The number of rotatable bonds is 5. The molecular weight excluding hydrogens is 520 g/mol. The van der Waals surface area contributed by atoms with E-state index in [1.54, 1.807) is 0 Å². The summed E-state index contributed by atoms with van der Waals surface area (Å²) >= 11 is 0. The second kappa shape index (κ2) is 10.4. The fourth-order valence-corrected chi connectivity index (χ4v) is 6.67. The van der Waals surface area contributed by atoms with Crippen molar-refractivity contribution in [2.45, 2.75) is 13.3 Å². The van der Waals surface area contributed by atoms with Crippen molar-refractivity contribution in [2.24, 2.45) is 0 Å². The molecule has 8 rings (SSSR count). The number of hydrogen-bond donors (Lipinski definition) is 0. The molecule has 0 radical (unpaired) electrons. The van der Waals surface area contributed by atoms with Crippen LogP contribution in [0.2, 0.25) is 0 Å². The van der Waals surface area contributed by atoms with Gasteiger partial charge in [-0.05, 0) is 67.6 Å². The summed E-state index contributed by atoms with van der Waals surface area (Å²) in [7, 11) is 0. The zero-order chi connectivity index (χ0) is 28.8. The summed E-state index contributed by atoms with van der Waals surface area (Å²) in [5.74, 6) is 1.07. The molecule has 1 heterocycles. The van der Waals surface area contributed by atoms with Gasteiger partial charge in [0.25, 0.3) is 0 Å². The molecule has 43 heavy (non-hydrogen) atoms. The van der Waals surface area contributed by atoms with Crippen LogP contribution in [0.4, 0.5) is 0 Å². The summed E-state index contributed by atoms with van der Waals surface area (Å²) in [5, 5.41) is 5.09. The first-order valence-electron chi connectivity index (χ1n) is 15.0. The smallest absolute Gasteiger partial charge is 0.114 e. The zero-order valence-electron chi connectivity index (χ0n) is 24.0. The van der Waals surface area contributed by atoms with Crippen molar-refractivity contribution in [3.05, 3.63) is 157 Å². The summed E-state index contributed by atoms with van der Waals surface area (Å²) in [5.41, 5.74) is 10.7. The van der Waals surface area contributed by atoms with E-state index in [1.165, 1.54) is 54.9 Å². The van der Waals surface area contributed by atoms with Crippen molar-refractivity contribution in [1.82, 2.24) is 9.55 Å². The highest BCUT2D eigenvalue weighted by Gasteiger charge is 2.18. The van der Waals surface area contributed by atoms with Crippen LogP contribution in [0.5, 0.6) is 0 Å². The van der Waals surface area contributed by atoms with Crippen LogP contribution >= 0.6 is 0 Å². The Bertz CT molecular complexity index is 2200. The number of aromatic nitrogens is 2. The van der Waals surface area contributed by atoms with Crippen LogP contribution < -0.4 is 0 Å². The molecule has 2 nitrogen and oxygen atoms in total. The Labute approximate surface area is 251 Å². The molecule has 204 valence electrons. The van der Waals surface area contributed by atoms with E-state index in [2.05, 4.69) is 163 Å². The first-order valence-corrected chi connectivity index (χ1v) is 15.0. The van der Waals surface area contributed by atoms with Crippen LogP contribution in [-0.4, -0.2) is 9.55 Å². The number of nitrogens with zero attached hydrogens (tertiary/aromatic N) is 2. The van der Waals surface area contributed by atoms with E-state index in [0.717, 1.165) is 29.0 Å². The van der Waals surface area contributed by atoms with E-state index in [0.29, 0.717) is 0 Å². The predicted molar refractivity (Wildman–Crippen MR) is 182 cm³/mol. The van der Waals surface area contributed by atoms with E-state index < -0.39 is 0 Å². The van der Waals surface area contributed by atoms with Crippen LogP contribution in [0.3, 0.4) is 0 Å². The Morgan fingerprint density at radius 1 is 0.465 bits per heavy atom. The van der Waals surface area contributed by atoms with Gasteiger partial charge in [-0.25, -0.2) is 4.98 Å². The van der Waals surface area contributed by atoms with Gasteiger partial charge in [0.05, 0.1) is 16.7 Å². The van der Waals surface area contributed by atoms with Gasteiger partial charge >= 0.3 is 0 Å². The van der Waals surface area contributed by atoms with Crippen LogP contribution in [0.25, 0.3) is 71.6 Å². The maximum atomic E-state index is 4.95. The van der Waals surface area contributed by atoms with Crippen molar-refractivity contribution in [3.8, 4) is 39.1 Å². The number of para-hydroxylation sites is 3. The van der Waals surface area contributed by atoms with E-state index >= 15 is 0 Å². The lowest BCUT2D eigenvalue weighted by molar-refractivity contribution is 0.909. The van der Waals surface area contributed by atoms with Gasteiger partial charge in [0, 0.05) is 12.0 Å². The van der Waals surface area contributed by atoms with Gasteiger partial charge in [0.2, 0.25) is 0 Å². The summed E-state index contributed by atoms with van der Waals surface area (Å²) in [6, 6.07) is 54.6. The monoisotopic (exact) mass is 550 g/mol. The lowest BCUT2D eigenvalue weighted by atomic mass is 9.85. The third-order valence-corrected chi connectivity index (χ3v) is 8.57. The van der Waals surface area contributed by atoms with Gasteiger partial charge in [-0.1, -0.05) is 140 Å². The van der Waals surface area contributed by atoms with Gasteiger partial charge < -0.3 is 0 Å². The molecule has 7 aromatic carbocycles. The minimum Gasteiger partial charge on any atom is -0.296 e. The third-order valence-electron chi connectivity index (χ3n) is 8.57. The van der Waals surface area contributed by atoms with Crippen molar-refractivity contribution in [3.63, 3.8) is 0 Å². The average molecular weight is 551 g/mol. The molecule has 0 aliphatic carbocycles. The second-order valence-electron chi connectivity index (χ2n) is 11.0. The van der Waals surface area contributed by atoms with Gasteiger partial charge in [0.15, 0.2) is 0 Å². The van der Waals surface area contributed by atoms with Gasteiger partial charge in [0.1, 0.15) is 5.82 Å². The highest BCUT2D eigenvalue weighted by atomic mass is 15.1. The number of hydrogen-bond acceptors (Lipinski definition) is 1. The molecule has 0 atom stereocenters. The van der Waals surface area contributed by atoms with Crippen LogP contribution in [0, 0.1) is 0 Å². The quantitative estimate of drug-likeness (QED) is 0.195. The van der Waals surface area contributed by atoms with Crippen molar-refractivity contribution in [2.75, 3.05) is 0 Å². The molecule has 1 aromatic heterocycles. The highest BCUT2D eigenvalue weighted by molar-refractivity contribution is 6.21. The molecule has 0 spiro atoms. The van der Waals surface area contributed by atoms with Crippen LogP contribution in [0.1, 0.15) is 12.7 Å². The van der Waals surface area contributed by atoms with Gasteiger partial charge in [-0.15, -0.1) is 0 Å². The molecule has 0 bridgehead atoms. The maximum Gasteiger partial charge on any atom is 0.114 e. The topological polar surface area (TPSA) is 17.8 Å². The Morgan fingerprint density at radius 2 is 0.953 bits per heavy atom. The fraction of sp³-hybridized carbons (Fsp3) is 0.0488. The molecule has 0 aliphatic rings. The Hall–Kier alpha value is -5.47. The van der Waals surface area contributed by atoms with E-state index in [9.17, 15) is 0 Å². The van der Waals surface area contributed by atoms with Crippen LogP contribution in [0.15, 0.2) is 152 Å². The molecular formula is C41H30N2. The molecule has 0 amide bonds. The van der Waals surface area contributed by atoms with Crippen molar-refractivity contribution < 1.29 is 0 Å². The second-order valence-corrected chi connectivity index (χ2v) is 11.0. The Balaban J connectivity index is 1.31. The molecule has 0 unspecified atom stereocenters. The van der Waals surface area contributed by atoms with Crippen molar-refractivity contribution in [1.29, 1.82) is 0 Å². The minimum absolute atomic E-state index is 0.862. The van der Waals surface area contributed by atoms with Gasteiger partial charge in [-0.2, -0.15) is 0 Å². The van der Waals surface area contributed by atoms with Crippen LogP contribution in [-0.2, 0) is 6.42 Å². The summed E-state index contributed by atoms with van der Waals surface area (Å²) in [4.78, 5) is 4.95. The molecule has 0 fully saturated rings. The normalized spacial score (nSPS) is 11.5. The number of aryl methyl sites for hydroxylation is 1. The van der Waals surface area contributed by atoms with E-state index in [1.807, 2.05) is 0 Å². The number of benzene rings is 7. The molecule has 0 N–H and O–H groups in total. The maximum absolute atomic E-state index is 4.95. The number of fused-ring (bicyclic) bond motifs is 3. The molecule has 0 aliphatic heterocycles. The standard InChI is InChI=1S/C41H30N2/c1-2-39-42-36-21-11-13-23-38(36)43(39)37-22-12-10-16-31(37)28-24-26-30(27-25-28)41-34-19-8-6-17-32(34)40(29-14-4-3-5-15-29)33-18-7-9-20-35(33)41/h3-27H,2H2,1H3. The number of imidazole rings is 1. The van der Waals surface area contributed by atoms with E-state index in [4.69, 9.17) is 4.98 Å². The summed E-state index contributed by atoms with van der Waals surface area (Å²) < 4.78 is 2.32. The van der Waals surface area contributed by atoms with Gasteiger partial charge in [-0.3, -0.25) is 4.57 Å². The Kier molecular flexibility index (Phi) is 6.12. The van der Waals surface area contributed by atoms with E-state index in [-0.39, 0.29) is 0 Å². The summed E-state index contributed by atoms with van der Waals surface area (Å²) in [6.07, 6.45) is 0.862. The molecule has 0 saturated heterocycles. The fourth-order valence-electron chi connectivity index (χ4n) is 6.67. The minimum atomic E-state index is 0.862. The largest absolute Gasteiger partial charge is 0.296 e. The Morgan fingerprint density at radius 3 is 1.58 bits per heavy atom. The average Bonchev–Trinajstić information content (AvgIpc) is 3.46. The molecule has 8 aromatic rings. The van der Waals surface area contributed by atoms with Crippen molar-refractivity contribution >= 4 is 32.6 Å². The SMILES string of the molecule is CCc1nc2ccccc2n1-c1ccccc1-c1ccc(-c2c3ccccc3c(-c3ccccc3)c3ccccc23)cc1. The highest BCUT2D eigenvalue weighted by Crippen LogP contribution is 2.44. The third kappa shape index (κ3) is 4.14. The molecule has 2 heteroatoms. The first kappa shape index (κ1) is 25.3. The molecule has 0 saturated carbocycles.